The molecule has 0 radical (unpaired) electrons. The van der Waals surface area contributed by atoms with Crippen molar-refractivity contribution < 1.29 is 14.3 Å². The molecule has 3 N–H and O–H groups in total. The molecule has 0 aromatic heterocycles. The van der Waals surface area contributed by atoms with Gasteiger partial charge in [0, 0.05) is 23.4 Å². The summed E-state index contributed by atoms with van der Waals surface area (Å²) in [4.78, 5) is 24.9. The highest BCUT2D eigenvalue weighted by Crippen LogP contribution is 2.14. The Morgan fingerprint density at radius 3 is 2.36 bits per heavy atom. The van der Waals surface area contributed by atoms with Crippen LogP contribution in [0.4, 0.5) is 5.69 Å². The van der Waals surface area contributed by atoms with Gasteiger partial charge in [-0.05, 0) is 66.7 Å². The third-order valence-corrected chi connectivity index (χ3v) is 4.99. The van der Waals surface area contributed by atoms with Crippen molar-refractivity contribution in [3.05, 3.63) is 95.6 Å². The van der Waals surface area contributed by atoms with Crippen molar-refractivity contribution in [2.45, 2.75) is 26.3 Å². The Kier molecular flexibility index (Phi) is 8.97. The molecule has 0 unspecified atom stereocenters. The minimum Gasteiger partial charge on any atom is -0.494 e. The molecule has 7 heteroatoms. The molecule has 0 aliphatic rings. The largest absolute Gasteiger partial charge is 0.494 e. The molecule has 2 amide bonds. The number of hydrogen-bond acceptors (Lipinski definition) is 4. The van der Waals surface area contributed by atoms with Crippen molar-refractivity contribution in [3.63, 3.8) is 0 Å². The van der Waals surface area contributed by atoms with Gasteiger partial charge in [-0.3, -0.25) is 14.9 Å². The van der Waals surface area contributed by atoms with Crippen molar-refractivity contribution in [1.82, 2.24) is 10.6 Å². The molecule has 3 aromatic carbocycles. The number of carbonyl (C=O) groups excluding carboxylic acids is 2. The summed E-state index contributed by atoms with van der Waals surface area (Å²) in [5.74, 6) is 0.156. The Hall–Kier alpha value is -3.71. The molecule has 170 valence electrons. The van der Waals surface area contributed by atoms with E-state index in [1.807, 2.05) is 36.4 Å². The zero-order valence-electron chi connectivity index (χ0n) is 18.5. The van der Waals surface area contributed by atoms with E-state index in [4.69, 9.17) is 17.0 Å². The number of amides is 2. The summed E-state index contributed by atoms with van der Waals surface area (Å²) in [6.45, 7) is 3.16. The van der Waals surface area contributed by atoms with E-state index in [1.165, 1.54) is 0 Å². The van der Waals surface area contributed by atoms with Crippen LogP contribution in [-0.2, 0) is 6.54 Å². The number of benzene rings is 3. The highest BCUT2D eigenvalue weighted by molar-refractivity contribution is 7.80. The highest BCUT2D eigenvalue weighted by atomic mass is 32.1. The molecule has 0 saturated heterocycles. The lowest BCUT2D eigenvalue weighted by Gasteiger charge is -2.11. The van der Waals surface area contributed by atoms with Crippen LogP contribution in [0.2, 0.25) is 0 Å². The standard InChI is InChI=1S/C26H27N3O3S/c1-2-3-16-32-23-11-7-10-21(17-23)25(31)29-26(33)28-22-14-12-20(13-15-22)24(30)27-18-19-8-5-4-6-9-19/h4-15,17H,2-3,16,18H2,1H3,(H,27,30)(H2,28,29,31,33). The minimum absolute atomic E-state index is 0.165. The molecular formula is C26H27N3O3S. The van der Waals surface area contributed by atoms with E-state index in [-0.39, 0.29) is 16.9 Å². The van der Waals surface area contributed by atoms with Crippen LogP contribution < -0.4 is 20.7 Å². The SMILES string of the molecule is CCCCOc1cccc(C(=O)NC(=S)Nc2ccc(C(=O)NCc3ccccc3)cc2)c1. The van der Waals surface area contributed by atoms with Gasteiger partial charge in [0.15, 0.2) is 5.11 Å². The molecule has 0 aliphatic carbocycles. The summed E-state index contributed by atoms with van der Waals surface area (Å²) in [6, 6.07) is 23.6. The smallest absolute Gasteiger partial charge is 0.257 e. The van der Waals surface area contributed by atoms with Crippen LogP contribution in [0.15, 0.2) is 78.9 Å². The Labute approximate surface area is 199 Å². The summed E-state index contributed by atoms with van der Waals surface area (Å²) < 4.78 is 5.65. The number of hydrogen-bond donors (Lipinski definition) is 3. The average Bonchev–Trinajstić information content (AvgIpc) is 2.84. The van der Waals surface area contributed by atoms with Gasteiger partial charge in [-0.15, -0.1) is 0 Å². The van der Waals surface area contributed by atoms with E-state index in [1.54, 1.807) is 42.5 Å². The summed E-state index contributed by atoms with van der Waals surface area (Å²) in [5.41, 5.74) is 2.68. The third kappa shape index (κ3) is 7.73. The fraction of sp³-hybridized carbons (Fsp3) is 0.192. The summed E-state index contributed by atoms with van der Waals surface area (Å²) in [5, 5.41) is 8.67. The molecule has 0 atom stereocenters. The van der Waals surface area contributed by atoms with Crippen molar-refractivity contribution in [2.75, 3.05) is 11.9 Å². The van der Waals surface area contributed by atoms with Gasteiger partial charge >= 0.3 is 0 Å². The predicted octanol–water partition coefficient (Wildman–Crippen LogP) is 4.92. The summed E-state index contributed by atoms with van der Waals surface area (Å²) in [6.07, 6.45) is 2.00. The van der Waals surface area contributed by atoms with Crippen LogP contribution in [0, 0.1) is 0 Å². The van der Waals surface area contributed by atoms with Gasteiger partial charge < -0.3 is 15.4 Å². The minimum atomic E-state index is -0.328. The zero-order chi connectivity index (χ0) is 23.5. The fourth-order valence-electron chi connectivity index (χ4n) is 2.98. The van der Waals surface area contributed by atoms with Gasteiger partial charge in [0.1, 0.15) is 5.75 Å². The first-order chi connectivity index (χ1) is 16.0. The molecule has 0 bridgehead atoms. The van der Waals surface area contributed by atoms with Crippen molar-refractivity contribution in [2.24, 2.45) is 0 Å². The Morgan fingerprint density at radius 2 is 1.64 bits per heavy atom. The summed E-state index contributed by atoms with van der Waals surface area (Å²) in [7, 11) is 0. The average molecular weight is 462 g/mol. The molecule has 0 spiro atoms. The van der Waals surface area contributed by atoms with Gasteiger partial charge in [0.25, 0.3) is 11.8 Å². The monoisotopic (exact) mass is 461 g/mol. The quantitative estimate of drug-likeness (QED) is 0.311. The van der Waals surface area contributed by atoms with Gasteiger partial charge in [0.05, 0.1) is 6.61 Å². The molecule has 0 aliphatic heterocycles. The van der Waals surface area contributed by atoms with Gasteiger partial charge in [0.2, 0.25) is 0 Å². The predicted molar refractivity (Wildman–Crippen MR) is 135 cm³/mol. The number of rotatable bonds is 9. The van der Waals surface area contributed by atoms with E-state index in [2.05, 4.69) is 22.9 Å². The normalized spacial score (nSPS) is 10.2. The lowest BCUT2D eigenvalue weighted by Crippen LogP contribution is -2.34. The lowest BCUT2D eigenvalue weighted by molar-refractivity contribution is 0.0948. The van der Waals surface area contributed by atoms with E-state index < -0.39 is 0 Å². The number of thiocarbonyl (C=S) groups is 1. The van der Waals surface area contributed by atoms with Crippen LogP contribution in [0.25, 0.3) is 0 Å². The topological polar surface area (TPSA) is 79.5 Å². The van der Waals surface area contributed by atoms with E-state index in [0.717, 1.165) is 18.4 Å². The molecule has 0 heterocycles. The second kappa shape index (κ2) is 12.4. The molecule has 6 nitrogen and oxygen atoms in total. The number of unbranched alkanes of at least 4 members (excludes halogenated alkanes) is 1. The Balaban J connectivity index is 1.49. The molecular weight excluding hydrogens is 434 g/mol. The number of anilines is 1. The van der Waals surface area contributed by atoms with Crippen molar-refractivity contribution >= 4 is 34.8 Å². The van der Waals surface area contributed by atoms with Crippen molar-refractivity contribution in [1.29, 1.82) is 0 Å². The van der Waals surface area contributed by atoms with Crippen LogP contribution in [0.5, 0.6) is 5.75 Å². The first kappa shape index (κ1) is 23.9. The molecule has 0 fully saturated rings. The maximum absolute atomic E-state index is 12.5. The summed E-state index contributed by atoms with van der Waals surface area (Å²) >= 11 is 5.26. The first-order valence-corrected chi connectivity index (χ1v) is 11.2. The molecule has 0 saturated carbocycles. The fourth-order valence-corrected chi connectivity index (χ4v) is 3.19. The Bertz CT molecular complexity index is 1090. The van der Waals surface area contributed by atoms with E-state index in [0.29, 0.717) is 35.7 Å². The second-order valence-electron chi connectivity index (χ2n) is 7.38. The molecule has 33 heavy (non-hydrogen) atoms. The number of nitrogens with one attached hydrogen (secondary N) is 3. The van der Waals surface area contributed by atoms with Gasteiger partial charge in [-0.2, -0.15) is 0 Å². The Morgan fingerprint density at radius 1 is 0.879 bits per heavy atom. The maximum atomic E-state index is 12.5. The van der Waals surface area contributed by atoms with Gasteiger partial charge in [-0.1, -0.05) is 49.7 Å². The third-order valence-electron chi connectivity index (χ3n) is 4.79. The van der Waals surface area contributed by atoms with E-state index >= 15 is 0 Å². The second-order valence-corrected chi connectivity index (χ2v) is 7.79. The van der Waals surface area contributed by atoms with Crippen LogP contribution in [0.3, 0.4) is 0 Å². The maximum Gasteiger partial charge on any atom is 0.257 e. The highest BCUT2D eigenvalue weighted by Gasteiger charge is 2.10. The first-order valence-electron chi connectivity index (χ1n) is 10.8. The van der Waals surface area contributed by atoms with Gasteiger partial charge in [-0.25, -0.2) is 0 Å². The van der Waals surface area contributed by atoms with Crippen LogP contribution >= 0.6 is 12.2 Å². The zero-order valence-corrected chi connectivity index (χ0v) is 19.3. The van der Waals surface area contributed by atoms with E-state index in [9.17, 15) is 9.59 Å². The molecule has 3 rings (SSSR count). The van der Waals surface area contributed by atoms with Crippen LogP contribution in [0.1, 0.15) is 46.0 Å². The van der Waals surface area contributed by atoms with Crippen LogP contribution in [-0.4, -0.2) is 23.5 Å². The lowest BCUT2D eigenvalue weighted by atomic mass is 10.1. The molecule has 3 aromatic rings. The number of carbonyl (C=O) groups is 2. The van der Waals surface area contributed by atoms with Crippen molar-refractivity contribution in [3.8, 4) is 5.75 Å². The number of ether oxygens (including phenoxy) is 1.